The molecule has 2 aliphatic rings. The first-order valence-electron chi connectivity index (χ1n) is 3.95. The fourth-order valence-corrected chi connectivity index (χ4v) is 2.62. The molecule has 2 fully saturated rings. The molecule has 10 heavy (non-hydrogen) atoms. The maximum Gasteiger partial charge on any atom is 0.0826 e. The van der Waals surface area contributed by atoms with Gasteiger partial charge >= 0.3 is 0 Å². The molecular formula is C7H13NOS. The predicted octanol–water partition coefficient (Wildman–Crippen LogP) is 1.82. The van der Waals surface area contributed by atoms with E-state index in [1.165, 1.54) is 19.3 Å². The lowest BCUT2D eigenvalue weighted by atomic mass is 9.77. The van der Waals surface area contributed by atoms with Gasteiger partial charge in [-0.15, -0.1) is 0 Å². The van der Waals surface area contributed by atoms with Gasteiger partial charge in [-0.1, -0.05) is 6.92 Å². The molecule has 1 saturated heterocycles. The van der Waals surface area contributed by atoms with Gasteiger partial charge in [0, 0.05) is 6.54 Å². The summed E-state index contributed by atoms with van der Waals surface area (Å²) in [5.41, 5.74) is 0.458. The number of likely N-dealkylation sites (N-methyl/N-ethyl adjacent to an activating group) is 1. The largest absolute Gasteiger partial charge is 0.299 e. The Labute approximate surface area is 66.3 Å². The van der Waals surface area contributed by atoms with E-state index in [1.807, 2.05) is 0 Å². The van der Waals surface area contributed by atoms with Crippen LogP contribution in [0.15, 0.2) is 0 Å². The van der Waals surface area contributed by atoms with Crippen LogP contribution in [-0.4, -0.2) is 23.0 Å². The van der Waals surface area contributed by atoms with Crippen molar-refractivity contribution >= 4 is 12.2 Å². The number of nitrogens with zero attached hydrogens (tertiary/aromatic N) is 1. The van der Waals surface area contributed by atoms with E-state index in [9.17, 15) is 0 Å². The molecule has 1 heterocycles. The second kappa shape index (κ2) is 2.40. The summed E-state index contributed by atoms with van der Waals surface area (Å²) in [7, 11) is 0. The van der Waals surface area contributed by atoms with E-state index < -0.39 is 0 Å². The third-order valence-electron chi connectivity index (χ3n) is 2.57. The zero-order chi connectivity index (χ0) is 7.03. The molecule has 1 spiro atoms. The molecule has 3 heteroatoms. The predicted molar refractivity (Wildman–Crippen MR) is 42.5 cm³/mol. The van der Waals surface area contributed by atoms with Gasteiger partial charge in [-0.2, -0.15) is 0 Å². The lowest BCUT2D eigenvalue weighted by Crippen LogP contribution is -2.49. The van der Waals surface area contributed by atoms with Gasteiger partial charge in [0.25, 0.3) is 0 Å². The molecule has 0 radical (unpaired) electrons. The van der Waals surface area contributed by atoms with E-state index in [0.717, 1.165) is 13.2 Å². The van der Waals surface area contributed by atoms with Crippen LogP contribution >= 0.6 is 12.2 Å². The van der Waals surface area contributed by atoms with Gasteiger partial charge < -0.3 is 0 Å². The average molecular weight is 159 g/mol. The van der Waals surface area contributed by atoms with Crippen molar-refractivity contribution in [3.05, 3.63) is 0 Å². The van der Waals surface area contributed by atoms with Crippen LogP contribution < -0.4 is 0 Å². The first-order valence-corrected chi connectivity index (χ1v) is 4.64. The Balaban J connectivity index is 2.05. The van der Waals surface area contributed by atoms with Gasteiger partial charge in [0.15, 0.2) is 0 Å². The SMILES string of the molecule is CCN1SOCC12CCC2. The van der Waals surface area contributed by atoms with Crippen LogP contribution in [-0.2, 0) is 4.18 Å². The van der Waals surface area contributed by atoms with Crippen LogP contribution in [0.1, 0.15) is 26.2 Å². The summed E-state index contributed by atoms with van der Waals surface area (Å²) in [6.07, 6.45) is 4.07. The summed E-state index contributed by atoms with van der Waals surface area (Å²) in [5.74, 6) is 0. The average Bonchev–Trinajstić information content (AvgIpc) is 2.27. The van der Waals surface area contributed by atoms with Gasteiger partial charge in [0.05, 0.1) is 24.4 Å². The molecule has 1 aliphatic heterocycles. The van der Waals surface area contributed by atoms with E-state index in [4.69, 9.17) is 4.18 Å². The first kappa shape index (κ1) is 6.95. The summed E-state index contributed by atoms with van der Waals surface area (Å²) < 4.78 is 7.73. The quantitative estimate of drug-likeness (QED) is 0.428. The minimum absolute atomic E-state index is 0.458. The highest BCUT2D eigenvalue weighted by atomic mass is 32.2. The number of hydrogen-bond acceptors (Lipinski definition) is 3. The van der Waals surface area contributed by atoms with E-state index in [-0.39, 0.29) is 0 Å². The Morgan fingerprint density at radius 1 is 1.60 bits per heavy atom. The maximum absolute atomic E-state index is 5.35. The Morgan fingerprint density at radius 2 is 2.40 bits per heavy atom. The van der Waals surface area contributed by atoms with Crippen molar-refractivity contribution in [1.82, 2.24) is 4.31 Å². The van der Waals surface area contributed by atoms with Crippen LogP contribution in [0.2, 0.25) is 0 Å². The lowest BCUT2D eigenvalue weighted by molar-refractivity contribution is 0.0923. The molecule has 1 aliphatic carbocycles. The highest BCUT2D eigenvalue weighted by Gasteiger charge is 2.47. The summed E-state index contributed by atoms with van der Waals surface area (Å²) in [4.78, 5) is 0. The van der Waals surface area contributed by atoms with Crippen LogP contribution in [0.4, 0.5) is 0 Å². The molecule has 0 unspecified atom stereocenters. The molecular weight excluding hydrogens is 146 g/mol. The van der Waals surface area contributed by atoms with Crippen LogP contribution in [0, 0.1) is 0 Å². The standard InChI is InChI=1S/C7H13NOS/c1-2-8-7(4-3-5-7)6-9-10-8/h2-6H2,1H3. The lowest BCUT2D eigenvalue weighted by Gasteiger charge is -2.42. The topological polar surface area (TPSA) is 12.5 Å². The second-order valence-electron chi connectivity index (χ2n) is 3.11. The van der Waals surface area contributed by atoms with E-state index in [2.05, 4.69) is 11.2 Å². The molecule has 0 amide bonds. The van der Waals surface area contributed by atoms with Gasteiger partial charge in [-0.3, -0.25) is 4.18 Å². The minimum atomic E-state index is 0.458. The Kier molecular flexibility index (Phi) is 1.66. The molecule has 0 aromatic rings. The monoisotopic (exact) mass is 159 g/mol. The van der Waals surface area contributed by atoms with Gasteiger partial charge in [-0.05, 0) is 19.3 Å². The summed E-state index contributed by atoms with van der Waals surface area (Å²) >= 11 is 1.56. The Hall–Kier alpha value is 0.270. The number of rotatable bonds is 1. The Morgan fingerprint density at radius 3 is 2.80 bits per heavy atom. The van der Waals surface area contributed by atoms with Crippen molar-refractivity contribution < 1.29 is 4.18 Å². The second-order valence-corrected chi connectivity index (χ2v) is 3.93. The zero-order valence-corrected chi connectivity index (χ0v) is 7.12. The number of hydrogen-bond donors (Lipinski definition) is 0. The molecule has 0 atom stereocenters. The zero-order valence-electron chi connectivity index (χ0n) is 6.30. The Bertz CT molecular complexity index is 136. The van der Waals surface area contributed by atoms with Crippen molar-refractivity contribution in [1.29, 1.82) is 0 Å². The normalized spacial score (nSPS) is 30.9. The fourth-order valence-electron chi connectivity index (χ4n) is 1.72. The maximum atomic E-state index is 5.35. The van der Waals surface area contributed by atoms with Gasteiger partial charge in [0.2, 0.25) is 0 Å². The van der Waals surface area contributed by atoms with Crippen LogP contribution in [0.3, 0.4) is 0 Å². The van der Waals surface area contributed by atoms with Crippen molar-refractivity contribution in [3.8, 4) is 0 Å². The third-order valence-corrected chi connectivity index (χ3v) is 3.62. The molecule has 58 valence electrons. The molecule has 0 aromatic carbocycles. The van der Waals surface area contributed by atoms with Crippen molar-refractivity contribution in [2.24, 2.45) is 0 Å². The van der Waals surface area contributed by atoms with E-state index in [0.29, 0.717) is 5.54 Å². The first-order chi connectivity index (χ1) is 4.87. The van der Waals surface area contributed by atoms with Crippen LogP contribution in [0.25, 0.3) is 0 Å². The summed E-state index contributed by atoms with van der Waals surface area (Å²) in [6.45, 7) is 4.26. The third kappa shape index (κ3) is 0.807. The molecule has 0 bridgehead atoms. The highest BCUT2D eigenvalue weighted by Crippen LogP contribution is 2.46. The minimum Gasteiger partial charge on any atom is -0.299 e. The molecule has 2 nitrogen and oxygen atoms in total. The highest BCUT2D eigenvalue weighted by molar-refractivity contribution is 7.92. The van der Waals surface area contributed by atoms with Crippen molar-refractivity contribution in [2.45, 2.75) is 31.7 Å². The molecule has 1 saturated carbocycles. The van der Waals surface area contributed by atoms with E-state index >= 15 is 0 Å². The van der Waals surface area contributed by atoms with Gasteiger partial charge in [-0.25, -0.2) is 4.31 Å². The molecule has 0 N–H and O–H groups in total. The van der Waals surface area contributed by atoms with Crippen molar-refractivity contribution in [2.75, 3.05) is 13.2 Å². The van der Waals surface area contributed by atoms with Crippen LogP contribution in [0.5, 0.6) is 0 Å². The molecule has 0 aromatic heterocycles. The van der Waals surface area contributed by atoms with Crippen molar-refractivity contribution in [3.63, 3.8) is 0 Å². The molecule has 2 rings (SSSR count). The summed E-state index contributed by atoms with van der Waals surface area (Å²) in [5, 5.41) is 0. The van der Waals surface area contributed by atoms with Gasteiger partial charge in [0.1, 0.15) is 0 Å². The van der Waals surface area contributed by atoms with E-state index in [1.54, 1.807) is 12.2 Å². The summed E-state index contributed by atoms with van der Waals surface area (Å²) in [6, 6.07) is 0. The fraction of sp³-hybridized carbons (Fsp3) is 1.00. The smallest absolute Gasteiger partial charge is 0.0826 e.